The molecule has 25 heavy (non-hydrogen) atoms. The molecule has 1 aromatic carbocycles. The first-order valence-electron chi connectivity index (χ1n) is 8.98. The van der Waals surface area contributed by atoms with Crippen molar-refractivity contribution in [2.75, 3.05) is 0 Å². The largest absolute Gasteiger partial charge is 0.421 e. The van der Waals surface area contributed by atoms with E-state index in [2.05, 4.69) is 19.1 Å². The maximum atomic E-state index is 11.3. The van der Waals surface area contributed by atoms with E-state index in [1.165, 1.54) is 38.7 Å². The molecule has 0 bridgehead atoms. The van der Waals surface area contributed by atoms with E-state index in [9.17, 15) is 9.59 Å². The van der Waals surface area contributed by atoms with Gasteiger partial charge >= 0.3 is 11.9 Å². The molecule has 4 heteroatoms. The molecule has 0 aliphatic carbocycles. The van der Waals surface area contributed by atoms with E-state index in [0.29, 0.717) is 0 Å². The van der Waals surface area contributed by atoms with Crippen molar-refractivity contribution in [3.8, 4) is 0 Å². The first-order valence-corrected chi connectivity index (χ1v) is 8.98. The third kappa shape index (κ3) is 8.01. The van der Waals surface area contributed by atoms with Crippen molar-refractivity contribution >= 4 is 18.0 Å². The van der Waals surface area contributed by atoms with E-state index in [1.807, 2.05) is 32.1 Å². The van der Waals surface area contributed by atoms with Crippen LogP contribution in [0.1, 0.15) is 65.0 Å². The summed E-state index contributed by atoms with van der Waals surface area (Å²) in [6.07, 6.45) is 5.68. The Balaban J connectivity index is 2.98. The topological polar surface area (TPSA) is 52.6 Å². The molecule has 0 heterocycles. The SMILES string of the molecule is CCCCCc1ccc(C=C(C(C)C)C(OC(C)=O)OC(C)=O)cc1. The average Bonchev–Trinajstić information content (AvgIpc) is 2.52. The van der Waals surface area contributed by atoms with Crippen molar-refractivity contribution in [1.82, 2.24) is 0 Å². The number of aryl methyl sites for hydroxylation is 1. The van der Waals surface area contributed by atoms with Crippen LogP contribution >= 0.6 is 0 Å². The standard InChI is InChI=1S/C21H30O4/c1-6-7-8-9-18-10-12-19(13-11-18)14-20(15(2)3)21(24-16(4)22)25-17(5)23/h10-15,21H,6-9H2,1-5H3. The number of hydrogen-bond acceptors (Lipinski definition) is 4. The van der Waals surface area contributed by atoms with Crippen molar-refractivity contribution in [2.24, 2.45) is 5.92 Å². The Kier molecular flexibility index (Phi) is 8.96. The summed E-state index contributed by atoms with van der Waals surface area (Å²) in [7, 11) is 0. The Bertz CT molecular complexity index is 568. The highest BCUT2D eigenvalue weighted by Gasteiger charge is 2.23. The predicted octanol–water partition coefficient (Wildman–Crippen LogP) is 4.91. The van der Waals surface area contributed by atoms with Crippen molar-refractivity contribution < 1.29 is 19.1 Å². The van der Waals surface area contributed by atoms with Gasteiger partial charge in [-0.25, -0.2) is 0 Å². The van der Waals surface area contributed by atoms with Crippen LogP contribution in [0.25, 0.3) is 6.08 Å². The molecule has 0 unspecified atom stereocenters. The summed E-state index contributed by atoms with van der Waals surface area (Å²) in [4.78, 5) is 22.7. The Morgan fingerprint density at radius 3 is 2.00 bits per heavy atom. The monoisotopic (exact) mass is 346 g/mol. The smallest absolute Gasteiger partial charge is 0.305 e. The minimum atomic E-state index is -0.987. The molecule has 0 spiro atoms. The summed E-state index contributed by atoms with van der Waals surface area (Å²) in [5, 5.41) is 0. The lowest BCUT2D eigenvalue weighted by atomic mass is 9.98. The number of benzene rings is 1. The molecule has 0 atom stereocenters. The van der Waals surface area contributed by atoms with Gasteiger partial charge in [0.05, 0.1) is 0 Å². The number of carbonyl (C=O) groups is 2. The van der Waals surface area contributed by atoms with E-state index >= 15 is 0 Å². The van der Waals surface area contributed by atoms with Crippen LogP contribution in [0.5, 0.6) is 0 Å². The molecule has 4 nitrogen and oxygen atoms in total. The molecule has 0 amide bonds. The molecule has 0 aromatic heterocycles. The van der Waals surface area contributed by atoms with E-state index < -0.39 is 18.2 Å². The van der Waals surface area contributed by atoms with E-state index in [1.54, 1.807) is 0 Å². The van der Waals surface area contributed by atoms with Crippen molar-refractivity contribution in [3.63, 3.8) is 0 Å². The highest BCUT2D eigenvalue weighted by atomic mass is 16.7. The lowest BCUT2D eigenvalue weighted by Crippen LogP contribution is -2.26. The molecular weight excluding hydrogens is 316 g/mol. The average molecular weight is 346 g/mol. The Labute approximate surface area is 151 Å². The van der Waals surface area contributed by atoms with Gasteiger partial charge in [-0.3, -0.25) is 9.59 Å². The predicted molar refractivity (Wildman–Crippen MR) is 99.8 cm³/mol. The van der Waals surface area contributed by atoms with Gasteiger partial charge in [0.2, 0.25) is 0 Å². The highest BCUT2D eigenvalue weighted by molar-refractivity contribution is 5.69. The van der Waals surface area contributed by atoms with Crippen molar-refractivity contribution in [1.29, 1.82) is 0 Å². The van der Waals surface area contributed by atoms with Gasteiger partial charge in [0.15, 0.2) is 0 Å². The van der Waals surface area contributed by atoms with Crippen molar-refractivity contribution in [2.45, 2.75) is 66.6 Å². The summed E-state index contributed by atoms with van der Waals surface area (Å²) in [5.41, 5.74) is 3.06. The number of ether oxygens (including phenoxy) is 2. The van der Waals surface area contributed by atoms with Crippen molar-refractivity contribution in [3.05, 3.63) is 41.0 Å². The molecule has 0 saturated carbocycles. The molecule has 138 valence electrons. The molecule has 0 aliphatic rings. The molecular formula is C21H30O4. The minimum absolute atomic E-state index is 0.0629. The second-order valence-corrected chi connectivity index (χ2v) is 6.55. The number of hydrogen-bond donors (Lipinski definition) is 0. The van der Waals surface area contributed by atoms with Gasteiger partial charge in [-0.15, -0.1) is 0 Å². The third-order valence-electron chi connectivity index (χ3n) is 3.87. The summed E-state index contributed by atoms with van der Waals surface area (Å²) in [6, 6.07) is 8.32. The first kappa shape index (κ1) is 20.9. The van der Waals surface area contributed by atoms with Gasteiger partial charge in [-0.2, -0.15) is 0 Å². The maximum Gasteiger partial charge on any atom is 0.305 e. The fourth-order valence-corrected chi connectivity index (χ4v) is 2.52. The second kappa shape index (κ2) is 10.7. The van der Waals surface area contributed by atoms with Gasteiger partial charge in [0, 0.05) is 19.4 Å². The van der Waals surface area contributed by atoms with Crippen LogP contribution in [0.15, 0.2) is 29.8 Å². The molecule has 0 aliphatic heterocycles. The van der Waals surface area contributed by atoms with Crippen LogP contribution in [0, 0.1) is 5.92 Å². The van der Waals surface area contributed by atoms with Gasteiger partial charge in [0.1, 0.15) is 0 Å². The maximum absolute atomic E-state index is 11.3. The Hall–Kier alpha value is -2.10. The number of carbonyl (C=O) groups excluding carboxylic acids is 2. The Morgan fingerprint density at radius 1 is 1.00 bits per heavy atom. The van der Waals surface area contributed by atoms with Gasteiger partial charge in [0.25, 0.3) is 6.29 Å². The molecule has 1 rings (SSSR count). The lowest BCUT2D eigenvalue weighted by Gasteiger charge is -2.22. The molecule has 0 fully saturated rings. The zero-order valence-electron chi connectivity index (χ0n) is 16.0. The molecule has 0 saturated heterocycles. The normalized spacial score (nSPS) is 11.7. The van der Waals surface area contributed by atoms with E-state index in [4.69, 9.17) is 9.47 Å². The fourth-order valence-electron chi connectivity index (χ4n) is 2.52. The fraction of sp³-hybridized carbons (Fsp3) is 0.524. The summed E-state index contributed by atoms with van der Waals surface area (Å²) in [5.74, 6) is -0.902. The van der Waals surface area contributed by atoms with Crippen LogP contribution in [0.4, 0.5) is 0 Å². The van der Waals surface area contributed by atoms with Crippen LogP contribution < -0.4 is 0 Å². The van der Waals surface area contributed by atoms with E-state index in [0.717, 1.165) is 17.6 Å². The summed E-state index contributed by atoms with van der Waals surface area (Å²) in [6.45, 7) is 8.76. The van der Waals surface area contributed by atoms with Gasteiger partial charge in [-0.05, 0) is 36.0 Å². The summed E-state index contributed by atoms with van der Waals surface area (Å²) >= 11 is 0. The van der Waals surface area contributed by atoms with Gasteiger partial charge in [-0.1, -0.05) is 57.9 Å². The zero-order chi connectivity index (χ0) is 18.8. The van der Waals surface area contributed by atoms with Crippen LogP contribution in [-0.2, 0) is 25.5 Å². The number of esters is 2. The van der Waals surface area contributed by atoms with E-state index in [-0.39, 0.29) is 5.92 Å². The van der Waals surface area contributed by atoms with Crippen LogP contribution in [0.2, 0.25) is 0 Å². The number of unbranched alkanes of at least 4 members (excludes halogenated alkanes) is 2. The first-order chi connectivity index (χ1) is 11.8. The lowest BCUT2D eigenvalue weighted by molar-refractivity contribution is -0.178. The molecule has 0 N–H and O–H groups in total. The zero-order valence-corrected chi connectivity index (χ0v) is 16.0. The van der Waals surface area contributed by atoms with Gasteiger partial charge < -0.3 is 9.47 Å². The highest BCUT2D eigenvalue weighted by Crippen LogP contribution is 2.23. The summed E-state index contributed by atoms with van der Waals surface area (Å²) < 4.78 is 10.4. The second-order valence-electron chi connectivity index (χ2n) is 6.55. The quantitative estimate of drug-likeness (QED) is 0.362. The molecule has 0 radical (unpaired) electrons. The Morgan fingerprint density at radius 2 is 1.56 bits per heavy atom. The van der Waals surface area contributed by atoms with Crippen LogP contribution in [0.3, 0.4) is 0 Å². The molecule has 1 aromatic rings. The minimum Gasteiger partial charge on any atom is -0.421 e. The van der Waals surface area contributed by atoms with Crippen LogP contribution in [-0.4, -0.2) is 18.2 Å². The third-order valence-corrected chi connectivity index (χ3v) is 3.87. The number of rotatable bonds is 9.